The van der Waals surface area contributed by atoms with Crippen LogP contribution in [0.1, 0.15) is 20.1 Å². The fraction of sp³-hybridized carbons (Fsp3) is 0.400. The number of hydrogen-bond acceptors (Lipinski definition) is 10. The Balaban J connectivity index is 1.60. The molecule has 15 heteroatoms. The van der Waals surface area contributed by atoms with Crippen molar-refractivity contribution >= 4 is 31.8 Å². The molecule has 5 atom stereocenters. The maximum Gasteiger partial charge on any atom is 0.750 e. The Labute approximate surface area is 198 Å². The van der Waals surface area contributed by atoms with E-state index in [-0.39, 0.29) is 35.3 Å². The number of imidazole rings is 1. The molecular weight excluding hydrogens is 491 g/mol. The van der Waals surface area contributed by atoms with E-state index >= 15 is 8.78 Å². The van der Waals surface area contributed by atoms with Gasteiger partial charge in [-0.05, 0) is 26.0 Å². The zero-order valence-corrected chi connectivity index (χ0v) is 19.4. The van der Waals surface area contributed by atoms with E-state index in [0.717, 1.165) is 17.8 Å². The molecule has 0 radical (unpaired) electrons. The van der Waals surface area contributed by atoms with Gasteiger partial charge in [0.15, 0.2) is 35.9 Å². The second-order valence-corrected chi connectivity index (χ2v) is 8.51. The first-order valence-corrected chi connectivity index (χ1v) is 11.4. The lowest BCUT2D eigenvalue weighted by Crippen LogP contribution is -2.46. The Hall–Kier alpha value is -3.32. The van der Waals surface area contributed by atoms with Crippen molar-refractivity contribution in [3.05, 3.63) is 36.7 Å². The number of benzene rings is 1. The molecule has 12 nitrogen and oxygen atoms in total. The van der Waals surface area contributed by atoms with Crippen LogP contribution in [0.25, 0.3) is 11.2 Å². The molecule has 1 saturated heterocycles. The molecule has 1 amide bonds. The molecule has 0 spiro atoms. The number of amides is 1. The third kappa shape index (κ3) is 4.78. The van der Waals surface area contributed by atoms with Crippen molar-refractivity contribution in [2.75, 3.05) is 18.5 Å². The molecule has 2 aromatic heterocycles. The highest BCUT2D eigenvalue weighted by Gasteiger charge is 2.65. The number of nitrogens with zero attached hydrogens (tertiary/aromatic N) is 4. The maximum atomic E-state index is 15.5. The van der Waals surface area contributed by atoms with Gasteiger partial charge in [0, 0.05) is 4.57 Å². The van der Waals surface area contributed by atoms with Gasteiger partial charge in [0.25, 0.3) is 5.85 Å². The minimum absolute atomic E-state index is 0.0000549. The van der Waals surface area contributed by atoms with Crippen LogP contribution in [0.15, 0.2) is 36.7 Å². The van der Waals surface area contributed by atoms with Gasteiger partial charge in [0.1, 0.15) is 5.60 Å². The summed E-state index contributed by atoms with van der Waals surface area (Å²) in [5.41, 5.74) is -2.37. The van der Waals surface area contributed by atoms with Crippen molar-refractivity contribution in [2.24, 2.45) is 0 Å². The summed E-state index contributed by atoms with van der Waals surface area (Å²) in [5.74, 6) is -3.17. The van der Waals surface area contributed by atoms with Crippen molar-refractivity contribution in [3.8, 4) is 11.6 Å². The number of ether oxygens (including phenoxy) is 2. The van der Waals surface area contributed by atoms with E-state index < -0.39 is 38.7 Å². The maximum absolute atomic E-state index is 15.5. The molecule has 0 saturated carbocycles. The summed E-state index contributed by atoms with van der Waals surface area (Å²) in [6.07, 6.45) is -2.85. The number of halogens is 2. The fourth-order valence-electron chi connectivity index (χ4n) is 3.52. The standard InChI is InChI=1S/C20H20F2N5O7P/c1-3-31-15-13-14(25-18(26-15)24-11-28)27(10-23-13)17-19(2,29)16(21)20(22,33-17)9-32-35(30)34-12-7-5-4-6-8-12/h4-8,10-11,16-17,29H,3,9H2,1-2H3/p+1. The highest BCUT2D eigenvalue weighted by molar-refractivity contribution is 7.33. The van der Waals surface area contributed by atoms with Crippen LogP contribution in [0.3, 0.4) is 0 Å². The fourth-order valence-corrected chi connectivity index (χ4v) is 4.15. The summed E-state index contributed by atoms with van der Waals surface area (Å²) in [6, 6.07) is 7.96. The van der Waals surface area contributed by atoms with Crippen molar-refractivity contribution in [1.29, 1.82) is 0 Å². The van der Waals surface area contributed by atoms with Gasteiger partial charge in [-0.25, -0.2) is 18.3 Å². The normalized spacial score (nSPS) is 26.5. The molecule has 1 aliphatic heterocycles. The predicted octanol–water partition coefficient (Wildman–Crippen LogP) is 2.83. The van der Waals surface area contributed by atoms with Gasteiger partial charge < -0.3 is 14.6 Å². The average molecular weight is 512 g/mol. The molecule has 4 rings (SSSR count). The van der Waals surface area contributed by atoms with Gasteiger partial charge >= 0.3 is 8.25 Å². The highest BCUT2D eigenvalue weighted by Crippen LogP contribution is 2.49. The number of fused-ring (bicyclic) bond motifs is 1. The lowest BCUT2D eigenvalue weighted by molar-refractivity contribution is -0.191. The van der Waals surface area contributed by atoms with E-state index in [0.29, 0.717) is 6.41 Å². The Morgan fingerprint density at radius 1 is 1.34 bits per heavy atom. The van der Waals surface area contributed by atoms with Gasteiger partial charge in [-0.15, -0.1) is 4.52 Å². The van der Waals surface area contributed by atoms with Gasteiger partial charge in [-0.3, -0.25) is 14.7 Å². The summed E-state index contributed by atoms with van der Waals surface area (Å²) in [5, 5.41) is 13.1. The van der Waals surface area contributed by atoms with Crippen molar-refractivity contribution < 1.29 is 41.8 Å². The summed E-state index contributed by atoms with van der Waals surface area (Å²) in [6.45, 7) is 1.77. The monoisotopic (exact) mass is 512 g/mol. The Morgan fingerprint density at radius 3 is 2.77 bits per heavy atom. The molecule has 0 bridgehead atoms. The molecule has 0 aliphatic carbocycles. The molecule has 186 valence electrons. The number of alkyl halides is 2. The second-order valence-electron chi connectivity index (χ2n) is 7.62. The summed E-state index contributed by atoms with van der Waals surface area (Å²) in [7, 11) is -2.88. The Bertz CT molecular complexity index is 1230. The number of para-hydroxylation sites is 1. The van der Waals surface area contributed by atoms with Crippen LogP contribution in [0.2, 0.25) is 0 Å². The van der Waals surface area contributed by atoms with Crippen molar-refractivity contribution in [2.45, 2.75) is 37.7 Å². The second kappa shape index (κ2) is 9.74. The number of hydrogen-bond donors (Lipinski definition) is 2. The smallest absolute Gasteiger partial charge is 0.476 e. The van der Waals surface area contributed by atoms with Crippen molar-refractivity contribution in [3.63, 3.8) is 0 Å². The number of aromatic nitrogens is 4. The van der Waals surface area contributed by atoms with E-state index in [1.165, 1.54) is 12.1 Å². The van der Waals surface area contributed by atoms with E-state index in [9.17, 15) is 14.5 Å². The lowest BCUT2D eigenvalue weighted by atomic mass is 9.97. The highest BCUT2D eigenvalue weighted by atomic mass is 31.1. The largest absolute Gasteiger partial charge is 0.750 e. The number of carbonyl (C=O) groups excluding carboxylic acids is 1. The zero-order valence-electron chi connectivity index (χ0n) is 18.5. The molecule has 2 N–H and O–H groups in total. The van der Waals surface area contributed by atoms with Crippen LogP contribution < -0.4 is 14.6 Å². The van der Waals surface area contributed by atoms with Crippen LogP contribution in [0.4, 0.5) is 14.7 Å². The quantitative estimate of drug-likeness (QED) is 0.307. The number of carbonyl (C=O) groups is 1. The van der Waals surface area contributed by atoms with Crippen LogP contribution in [0.5, 0.6) is 11.6 Å². The molecule has 1 aromatic carbocycles. The number of rotatable bonds is 10. The molecule has 35 heavy (non-hydrogen) atoms. The first-order valence-electron chi connectivity index (χ1n) is 10.3. The van der Waals surface area contributed by atoms with Crippen LogP contribution in [-0.2, 0) is 18.6 Å². The number of aliphatic hydroxyl groups is 1. The first-order chi connectivity index (χ1) is 16.7. The van der Waals surface area contributed by atoms with Crippen molar-refractivity contribution in [1.82, 2.24) is 19.5 Å². The van der Waals surface area contributed by atoms with E-state index in [1.54, 1.807) is 25.1 Å². The minimum Gasteiger partial charge on any atom is -0.476 e. The third-order valence-electron chi connectivity index (χ3n) is 5.10. The molecular formula is C20H21F2N5O7P+. The van der Waals surface area contributed by atoms with Gasteiger partial charge in [-0.1, -0.05) is 18.2 Å². The summed E-state index contributed by atoms with van der Waals surface area (Å²) in [4.78, 5) is 23.1. The molecule has 3 aromatic rings. The van der Waals surface area contributed by atoms with Crippen LogP contribution in [-0.4, -0.2) is 61.9 Å². The van der Waals surface area contributed by atoms with E-state index in [1.807, 2.05) is 0 Å². The van der Waals surface area contributed by atoms with Crippen LogP contribution >= 0.6 is 8.25 Å². The number of nitrogens with one attached hydrogen (secondary N) is 1. The minimum atomic E-state index is -3.20. The Kier molecular flexibility index (Phi) is 6.90. The van der Waals surface area contributed by atoms with E-state index in [2.05, 4.69) is 20.3 Å². The molecule has 1 aliphatic rings. The third-order valence-corrected chi connectivity index (χ3v) is 5.80. The van der Waals surface area contributed by atoms with E-state index in [4.69, 9.17) is 18.5 Å². The van der Waals surface area contributed by atoms with Gasteiger partial charge in [0.05, 0.1) is 12.9 Å². The Morgan fingerprint density at radius 2 is 2.09 bits per heavy atom. The molecule has 3 heterocycles. The van der Waals surface area contributed by atoms with Crippen LogP contribution in [0, 0.1) is 0 Å². The zero-order chi connectivity index (χ0) is 25.2. The van der Waals surface area contributed by atoms with Gasteiger partial charge in [0.2, 0.25) is 18.2 Å². The summed E-state index contributed by atoms with van der Waals surface area (Å²) >= 11 is 0. The summed E-state index contributed by atoms with van der Waals surface area (Å²) < 4.78 is 64.4. The molecule has 1 fully saturated rings. The van der Waals surface area contributed by atoms with Gasteiger partial charge in [-0.2, -0.15) is 9.97 Å². The molecule has 5 unspecified atom stereocenters. The average Bonchev–Trinajstić information content (AvgIpc) is 3.32. The topological polar surface area (TPSA) is 147 Å². The SMILES string of the molecule is CCOc1nc(NC=O)nc2c1ncn2C1OC(F)(CO[P+](=O)Oc2ccccc2)C(F)C1(C)O. The lowest BCUT2D eigenvalue weighted by Gasteiger charge is -2.25. The predicted molar refractivity (Wildman–Crippen MR) is 116 cm³/mol. The number of anilines is 1. The first kappa shape index (κ1) is 24.8.